The van der Waals surface area contributed by atoms with E-state index in [4.69, 9.17) is 4.74 Å². The first-order valence-corrected chi connectivity index (χ1v) is 7.88. The predicted octanol–water partition coefficient (Wildman–Crippen LogP) is 3.54. The van der Waals surface area contributed by atoms with Crippen molar-refractivity contribution in [2.24, 2.45) is 5.41 Å². The highest BCUT2D eigenvalue weighted by molar-refractivity contribution is 7.80. The van der Waals surface area contributed by atoms with Gasteiger partial charge in [0, 0.05) is 6.54 Å². The number of rotatable bonds is 5. The molecule has 2 rings (SSSR count). The Morgan fingerprint density at radius 2 is 1.95 bits per heavy atom. The Labute approximate surface area is 126 Å². The summed E-state index contributed by atoms with van der Waals surface area (Å²) in [6.45, 7) is 6.85. The van der Waals surface area contributed by atoms with E-state index in [0.29, 0.717) is 6.54 Å². The maximum Gasteiger partial charge on any atom is 0.267 e. The number of anilines is 1. The molecule has 20 heavy (non-hydrogen) atoms. The molecule has 4 heteroatoms. The molecule has 0 aliphatic carbocycles. The summed E-state index contributed by atoms with van der Waals surface area (Å²) >= 11 is 4.51. The largest absolute Gasteiger partial charge is 0.479 e. The highest BCUT2D eigenvalue weighted by Gasteiger charge is 2.36. The van der Waals surface area contributed by atoms with Crippen molar-refractivity contribution in [1.29, 1.82) is 0 Å². The van der Waals surface area contributed by atoms with Gasteiger partial charge in [-0.25, -0.2) is 0 Å². The molecule has 0 saturated carbocycles. The minimum absolute atomic E-state index is 0.0387. The highest BCUT2D eigenvalue weighted by atomic mass is 32.1. The molecule has 110 valence electrons. The lowest BCUT2D eigenvalue weighted by Crippen LogP contribution is -2.49. The molecule has 0 bridgehead atoms. The molecule has 1 amide bonds. The van der Waals surface area contributed by atoms with Crippen molar-refractivity contribution >= 4 is 24.2 Å². The van der Waals surface area contributed by atoms with Gasteiger partial charge in [-0.1, -0.05) is 26.0 Å². The van der Waals surface area contributed by atoms with Crippen molar-refractivity contribution in [1.82, 2.24) is 0 Å². The highest BCUT2D eigenvalue weighted by Crippen LogP contribution is 2.38. The van der Waals surface area contributed by atoms with Gasteiger partial charge in [0.2, 0.25) is 0 Å². The summed E-state index contributed by atoms with van der Waals surface area (Å²) in [6.07, 6.45) is 1.60. The van der Waals surface area contributed by atoms with Crippen LogP contribution in [-0.4, -0.2) is 24.3 Å². The Balaban J connectivity index is 2.37. The number of carbonyl (C=O) groups excluding carboxylic acids is 1. The van der Waals surface area contributed by atoms with E-state index >= 15 is 0 Å². The van der Waals surface area contributed by atoms with Gasteiger partial charge in [0.05, 0.1) is 5.69 Å². The summed E-state index contributed by atoms with van der Waals surface area (Å²) in [4.78, 5) is 14.4. The molecule has 0 spiro atoms. The number of benzene rings is 1. The Bertz CT molecular complexity index is 477. The minimum Gasteiger partial charge on any atom is -0.479 e. The second-order valence-corrected chi connectivity index (χ2v) is 5.83. The molecule has 1 aliphatic rings. The topological polar surface area (TPSA) is 29.5 Å². The van der Waals surface area contributed by atoms with E-state index < -0.39 is 6.10 Å². The van der Waals surface area contributed by atoms with Gasteiger partial charge in [-0.15, -0.1) is 0 Å². The third kappa shape index (κ3) is 2.66. The Hall–Kier alpha value is -1.16. The van der Waals surface area contributed by atoms with Gasteiger partial charge in [-0.2, -0.15) is 12.6 Å². The number of nitrogens with zero attached hydrogens (tertiary/aromatic N) is 1. The average Bonchev–Trinajstić information content (AvgIpc) is 2.49. The van der Waals surface area contributed by atoms with Gasteiger partial charge in [0.25, 0.3) is 5.91 Å². The van der Waals surface area contributed by atoms with E-state index in [9.17, 15) is 4.79 Å². The Morgan fingerprint density at radius 3 is 2.55 bits per heavy atom. The number of fused-ring (bicyclic) bond motifs is 1. The van der Waals surface area contributed by atoms with Gasteiger partial charge >= 0.3 is 0 Å². The first-order valence-electron chi connectivity index (χ1n) is 7.25. The number of thiol groups is 1. The van der Waals surface area contributed by atoms with E-state index in [1.54, 1.807) is 0 Å². The Morgan fingerprint density at radius 1 is 1.30 bits per heavy atom. The number of hydrogen-bond acceptors (Lipinski definition) is 3. The van der Waals surface area contributed by atoms with E-state index in [-0.39, 0.29) is 11.3 Å². The number of carbonyl (C=O) groups is 1. The lowest BCUT2D eigenvalue weighted by atomic mass is 9.83. The molecule has 0 aromatic heterocycles. The summed E-state index contributed by atoms with van der Waals surface area (Å²) in [5.41, 5.74) is 0.937. The smallest absolute Gasteiger partial charge is 0.267 e. The summed E-state index contributed by atoms with van der Waals surface area (Å²) < 4.78 is 5.68. The van der Waals surface area contributed by atoms with Crippen LogP contribution < -0.4 is 9.64 Å². The van der Waals surface area contributed by atoms with Crippen LogP contribution in [0.15, 0.2) is 24.3 Å². The third-order valence-electron chi connectivity index (χ3n) is 4.40. The molecule has 0 fully saturated rings. The zero-order chi connectivity index (χ0) is 14.8. The normalized spacial score (nSPS) is 18.7. The van der Waals surface area contributed by atoms with E-state index in [1.807, 2.05) is 36.1 Å². The molecule has 3 nitrogen and oxygen atoms in total. The summed E-state index contributed by atoms with van der Waals surface area (Å²) in [6, 6.07) is 7.75. The second kappa shape index (κ2) is 6.08. The third-order valence-corrected chi connectivity index (χ3v) is 5.07. The Kier molecular flexibility index (Phi) is 4.63. The maximum absolute atomic E-state index is 12.5. The SMILES string of the molecule is CCC(CC)(CS)CN1C(=O)C(C)Oc2ccccc21. The van der Waals surface area contributed by atoms with Crippen LogP contribution in [0.25, 0.3) is 0 Å². The number of ether oxygens (including phenoxy) is 1. The molecule has 0 saturated heterocycles. The zero-order valence-electron chi connectivity index (χ0n) is 12.4. The maximum atomic E-state index is 12.5. The van der Waals surface area contributed by atoms with E-state index in [0.717, 1.165) is 30.0 Å². The molecular weight excluding hydrogens is 270 g/mol. The van der Waals surface area contributed by atoms with Gasteiger partial charge in [0.15, 0.2) is 6.10 Å². The number of amides is 1. The fraction of sp³-hybridized carbons (Fsp3) is 0.562. The van der Waals surface area contributed by atoms with Crippen LogP contribution >= 0.6 is 12.6 Å². The van der Waals surface area contributed by atoms with E-state index in [1.165, 1.54) is 0 Å². The van der Waals surface area contributed by atoms with Crippen molar-refractivity contribution in [2.45, 2.75) is 39.7 Å². The monoisotopic (exact) mass is 293 g/mol. The predicted molar refractivity (Wildman–Crippen MR) is 85.8 cm³/mol. The first-order chi connectivity index (χ1) is 9.56. The molecule has 0 radical (unpaired) electrons. The van der Waals surface area contributed by atoms with Crippen LogP contribution in [0.1, 0.15) is 33.6 Å². The van der Waals surface area contributed by atoms with Gasteiger partial charge < -0.3 is 9.64 Å². The van der Waals surface area contributed by atoms with Crippen LogP contribution in [0.4, 0.5) is 5.69 Å². The quantitative estimate of drug-likeness (QED) is 0.842. The molecule has 1 aliphatic heterocycles. The zero-order valence-corrected chi connectivity index (χ0v) is 13.3. The average molecular weight is 293 g/mol. The molecule has 1 aromatic rings. The van der Waals surface area contributed by atoms with Gasteiger partial charge in [0.1, 0.15) is 5.75 Å². The molecule has 1 heterocycles. The number of para-hydroxylation sites is 2. The summed E-state index contributed by atoms with van der Waals surface area (Å²) in [5.74, 6) is 1.61. The fourth-order valence-corrected chi connectivity index (χ4v) is 3.15. The van der Waals surface area contributed by atoms with Crippen LogP contribution in [0, 0.1) is 5.41 Å². The number of hydrogen-bond donors (Lipinski definition) is 1. The summed E-state index contributed by atoms with van der Waals surface area (Å²) in [5, 5.41) is 0. The van der Waals surface area contributed by atoms with Crippen LogP contribution in [0.5, 0.6) is 5.75 Å². The van der Waals surface area contributed by atoms with Crippen molar-refractivity contribution in [2.75, 3.05) is 17.2 Å². The van der Waals surface area contributed by atoms with Crippen molar-refractivity contribution < 1.29 is 9.53 Å². The second-order valence-electron chi connectivity index (χ2n) is 5.52. The van der Waals surface area contributed by atoms with Crippen molar-refractivity contribution in [3.05, 3.63) is 24.3 Å². The molecule has 1 unspecified atom stereocenters. The molecule has 0 N–H and O–H groups in total. The van der Waals surface area contributed by atoms with Gasteiger partial charge in [-0.05, 0) is 43.1 Å². The van der Waals surface area contributed by atoms with Crippen LogP contribution in [0.3, 0.4) is 0 Å². The molecular formula is C16H23NO2S. The van der Waals surface area contributed by atoms with Crippen molar-refractivity contribution in [3.8, 4) is 5.75 Å². The fourth-order valence-electron chi connectivity index (χ4n) is 2.60. The lowest BCUT2D eigenvalue weighted by Gasteiger charge is -2.40. The first kappa shape index (κ1) is 15.2. The molecule has 1 aromatic carbocycles. The van der Waals surface area contributed by atoms with Crippen LogP contribution in [-0.2, 0) is 4.79 Å². The summed E-state index contributed by atoms with van der Waals surface area (Å²) in [7, 11) is 0. The van der Waals surface area contributed by atoms with Crippen molar-refractivity contribution in [3.63, 3.8) is 0 Å². The van der Waals surface area contributed by atoms with Gasteiger partial charge in [-0.3, -0.25) is 4.79 Å². The van der Waals surface area contributed by atoms with E-state index in [2.05, 4.69) is 26.5 Å². The van der Waals surface area contributed by atoms with Crippen LogP contribution in [0.2, 0.25) is 0 Å². The standard InChI is InChI=1S/C16H23NO2S/c1-4-16(5-2,11-20)10-17-13-8-6-7-9-14(13)19-12(3)15(17)18/h6-9,12,20H,4-5,10-11H2,1-3H3. The minimum atomic E-state index is -0.420. The lowest BCUT2D eigenvalue weighted by molar-refractivity contribution is -0.126. The molecule has 1 atom stereocenters.